The van der Waals surface area contributed by atoms with E-state index in [4.69, 9.17) is 4.74 Å². The monoisotopic (exact) mass is 297 g/mol. The van der Waals surface area contributed by atoms with Crippen LogP contribution in [0.4, 0.5) is 19.0 Å². The molecule has 0 spiro atoms. The average molecular weight is 297 g/mol. The summed E-state index contributed by atoms with van der Waals surface area (Å²) < 4.78 is 43.3. The van der Waals surface area contributed by atoms with Crippen LogP contribution in [0.25, 0.3) is 11.4 Å². The third-order valence-corrected chi connectivity index (χ3v) is 2.78. The number of nitrogens with one attached hydrogen (secondary N) is 1. The topological polar surface area (TPSA) is 47.0 Å². The summed E-state index contributed by atoms with van der Waals surface area (Å²) in [6.45, 7) is 0.253. The van der Waals surface area contributed by atoms with Crippen molar-refractivity contribution in [3.05, 3.63) is 41.6 Å². The molecule has 1 aromatic carbocycles. The Balaban J connectivity index is 2.48. The van der Waals surface area contributed by atoms with Crippen LogP contribution in [0.3, 0.4) is 0 Å². The molecular formula is C14H14F3N3O. The molecule has 0 fully saturated rings. The first-order valence-corrected chi connectivity index (χ1v) is 6.16. The van der Waals surface area contributed by atoms with E-state index in [-0.39, 0.29) is 12.4 Å². The molecule has 0 atom stereocenters. The molecule has 0 aliphatic heterocycles. The van der Waals surface area contributed by atoms with Crippen molar-refractivity contribution in [1.82, 2.24) is 9.97 Å². The van der Waals surface area contributed by atoms with E-state index >= 15 is 0 Å². The molecule has 0 aliphatic carbocycles. The molecule has 0 bridgehead atoms. The molecule has 1 N–H and O–H groups in total. The van der Waals surface area contributed by atoms with Crippen molar-refractivity contribution < 1.29 is 17.9 Å². The predicted molar refractivity (Wildman–Crippen MR) is 72.7 cm³/mol. The summed E-state index contributed by atoms with van der Waals surface area (Å²) in [5, 5.41) is 2.85. The third-order valence-electron chi connectivity index (χ3n) is 2.78. The van der Waals surface area contributed by atoms with Crippen LogP contribution in [-0.2, 0) is 17.5 Å². The van der Waals surface area contributed by atoms with Gasteiger partial charge in [-0.2, -0.15) is 13.2 Å². The Hall–Kier alpha value is -2.15. The van der Waals surface area contributed by atoms with Crippen molar-refractivity contribution in [2.45, 2.75) is 12.8 Å². The minimum Gasteiger partial charge on any atom is -0.378 e. The fraction of sp³-hybridized carbons (Fsp3) is 0.286. The second kappa shape index (κ2) is 6.09. The zero-order valence-corrected chi connectivity index (χ0v) is 11.5. The highest BCUT2D eigenvalue weighted by Crippen LogP contribution is 2.31. The highest BCUT2D eigenvalue weighted by Gasteiger charge is 2.30. The molecule has 21 heavy (non-hydrogen) atoms. The lowest BCUT2D eigenvalue weighted by atomic mass is 10.1. The van der Waals surface area contributed by atoms with E-state index in [2.05, 4.69) is 15.3 Å². The van der Waals surface area contributed by atoms with Gasteiger partial charge in [0, 0.05) is 25.8 Å². The molecule has 112 valence electrons. The zero-order valence-electron chi connectivity index (χ0n) is 11.5. The molecule has 1 aromatic heterocycles. The van der Waals surface area contributed by atoms with Gasteiger partial charge in [0.25, 0.3) is 0 Å². The van der Waals surface area contributed by atoms with Gasteiger partial charge in [-0.25, -0.2) is 9.97 Å². The molecule has 0 aliphatic rings. The number of hydrogen-bond acceptors (Lipinski definition) is 4. The van der Waals surface area contributed by atoms with Gasteiger partial charge in [-0.15, -0.1) is 0 Å². The summed E-state index contributed by atoms with van der Waals surface area (Å²) in [6, 6.07) is 6.61. The standard InChI is InChI=1S/C14H14F3N3O/c1-18-12-7-11(8-21-2)19-13(20-12)9-4-3-5-10(6-9)14(15,16)17/h3-7H,8H2,1-2H3,(H,18,19,20). The molecule has 0 unspecified atom stereocenters. The number of hydrogen-bond donors (Lipinski definition) is 1. The van der Waals surface area contributed by atoms with Gasteiger partial charge in [-0.1, -0.05) is 12.1 Å². The van der Waals surface area contributed by atoms with Gasteiger partial charge in [0.2, 0.25) is 0 Å². The van der Waals surface area contributed by atoms with Crippen LogP contribution in [0.5, 0.6) is 0 Å². The molecule has 7 heteroatoms. The quantitative estimate of drug-likeness (QED) is 0.940. The van der Waals surface area contributed by atoms with Crippen molar-refractivity contribution in [3.8, 4) is 11.4 Å². The Bertz CT molecular complexity index is 629. The van der Waals surface area contributed by atoms with E-state index in [1.807, 2.05) is 0 Å². The minimum absolute atomic E-state index is 0.222. The van der Waals surface area contributed by atoms with E-state index < -0.39 is 11.7 Å². The number of aromatic nitrogens is 2. The summed E-state index contributed by atoms with van der Waals surface area (Å²) in [5.41, 5.74) is 0.162. The van der Waals surface area contributed by atoms with Crippen molar-refractivity contribution >= 4 is 5.82 Å². The molecule has 0 amide bonds. The molecule has 2 rings (SSSR count). The normalized spacial score (nSPS) is 11.5. The van der Waals surface area contributed by atoms with Crippen molar-refractivity contribution in [3.63, 3.8) is 0 Å². The van der Waals surface area contributed by atoms with E-state index in [1.165, 1.54) is 13.2 Å². The number of ether oxygens (including phenoxy) is 1. The zero-order chi connectivity index (χ0) is 15.5. The molecular weight excluding hydrogens is 283 g/mol. The maximum Gasteiger partial charge on any atom is 0.416 e. The van der Waals surface area contributed by atoms with E-state index in [9.17, 15) is 13.2 Å². The van der Waals surface area contributed by atoms with Crippen LogP contribution in [-0.4, -0.2) is 24.1 Å². The number of rotatable bonds is 4. The molecule has 4 nitrogen and oxygen atoms in total. The van der Waals surface area contributed by atoms with Gasteiger partial charge in [0.15, 0.2) is 5.82 Å². The van der Waals surface area contributed by atoms with Gasteiger partial charge in [0.1, 0.15) is 5.82 Å². The lowest BCUT2D eigenvalue weighted by molar-refractivity contribution is -0.137. The van der Waals surface area contributed by atoms with Crippen molar-refractivity contribution in [2.75, 3.05) is 19.5 Å². The molecule has 2 aromatic rings. The number of anilines is 1. The second-order valence-electron chi connectivity index (χ2n) is 4.33. The summed E-state index contributed by atoms with van der Waals surface area (Å²) in [5.74, 6) is 0.740. The lowest BCUT2D eigenvalue weighted by Crippen LogP contribution is -2.06. The molecule has 0 radical (unpaired) electrons. The molecule has 0 saturated heterocycles. The van der Waals surface area contributed by atoms with Crippen LogP contribution in [0.1, 0.15) is 11.3 Å². The van der Waals surface area contributed by atoms with Gasteiger partial charge >= 0.3 is 6.18 Å². The number of methoxy groups -OCH3 is 1. The summed E-state index contributed by atoms with van der Waals surface area (Å²) in [6.07, 6.45) is -4.40. The van der Waals surface area contributed by atoms with Gasteiger partial charge < -0.3 is 10.1 Å². The first-order chi connectivity index (χ1) is 9.94. The fourth-order valence-corrected chi connectivity index (χ4v) is 1.81. The average Bonchev–Trinajstić information content (AvgIpc) is 2.46. The fourth-order valence-electron chi connectivity index (χ4n) is 1.81. The van der Waals surface area contributed by atoms with Crippen LogP contribution >= 0.6 is 0 Å². The van der Waals surface area contributed by atoms with E-state index in [1.54, 1.807) is 19.2 Å². The number of halogens is 3. The Kier molecular flexibility index (Phi) is 4.42. The highest BCUT2D eigenvalue weighted by atomic mass is 19.4. The maximum atomic E-state index is 12.8. The van der Waals surface area contributed by atoms with Gasteiger partial charge in [0.05, 0.1) is 17.9 Å². The van der Waals surface area contributed by atoms with E-state index in [0.29, 0.717) is 17.1 Å². The Morgan fingerprint density at radius 2 is 1.95 bits per heavy atom. The highest BCUT2D eigenvalue weighted by molar-refractivity contribution is 5.58. The van der Waals surface area contributed by atoms with E-state index in [0.717, 1.165) is 12.1 Å². The minimum atomic E-state index is -4.40. The Labute approximate surface area is 120 Å². The Morgan fingerprint density at radius 3 is 2.57 bits per heavy atom. The van der Waals surface area contributed by atoms with Crippen molar-refractivity contribution in [2.24, 2.45) is 0 Å². The summed E-state index contributed by atoms with van der Waals surface area (Å²) in [4.78, 5) is 8.40. The number of benzene rings is 1. The SMILES string of the molecule is CNc1cc(COC)nc(-c2cccc(C(F)(F)F)c2)n1. The molecule has 1 heterocycles. The van der Waals surface area contributed by atoms with Crippen LogP contribution < -0.4 is 5.32 Å². The Morgan fingerprint density at radius 1 is 1.19 bits per heavy atom. The molecule has 0 saturated carbocycles. The number of nitrogens with zero attached hydrogens (tertiary/aromatic N) is 2. The first-order valence-electron chi connectivity index (χ1n) is 6.16. The van der Waals surface area contributed by atoms with Crippen LogP contribution in [0.15, 0.2) is 30.3 Å². The summed E-state index contributed by atoms with van der Waals surface area (Å²) in [7, 11) is 3.19. The number of alkyl halides is 3. The third kappa shape index (κ3) is 3.69. The van der Waals surface area contributed by atoms with Crippen molar-refractivity contribution in [1.29, 1.82) is 0 Å². The first kappa shape index (κ1) is 15.2. The largest absolute Gasteiger partial charge is 0.416 e. The predicted octanol–water partition coefficient (Wildman–Crippen LogP) is 3.35. The maximum absolute atomic E-state index is 12.8. The lowest BCUT2D eigenvalue weighted by Gasteiger charge is -2.10. The van der Waals surface area contributed by atoms with Crippen LogP contribution in [0.2, 0.25) is 0 Å². The van der Waals surface area contributed by atoms with Gasteiger partial charge in [-0.05, 0) is 12.1 Å². The smallest absolute Gasteiger partial charge is 0.378 e. The van der Waals surface area contributed by atoms with Gasteiger partial charge in [-0.3, -0.25) is 0 Å². The van der Waals surface area contributed by atoms with Crippen LogP contribution in [0, 0.1) is 0 Å². The second-order valence-corrected chi connectivity index (χ2v) is 4.33. The summed E-state index contributed by atoms with van der Waals surface area (Å²) >= 11 is 0.